The molecule has 0 aliphatic rings. The lowest BCUT2D eigenvalue weighted by Gasteiger charge is -2.02. The Morgan fingerprint density at radius 1 is 1.23 bits per heavy atom. The number of rotatable bonds is 3. The summed E-state index contributed by atoms with van der Waals surface area (Å²) in [7, 11) is 0. The van der Waals surface area contributed by atoms with E-state index in [4.69, 9.17) is 5.11 Å². The summed E-state index contributed by atoms with van der Waals surface area (Å²) < 4.78 is 0.712. The summed E-state index contributed by atoms with van der Waals surface area (Å²) in [6, 6.07) is 9.81. The number of carboxylic acids is 1. The van der Waals surface area contributed by atoms with Crippen LogP contribution in [0, 0.1) is 10.1 Å². The Hall–Kier alpha value is -3.42. The van der Waals surface area contributed by atoms with Crippen LogP contribution in [0.1, 0.15) is 10.4 Å². The van der Waals surface area contributed by atoms with E-state index in [0.29, 0.717) is 15.8 Å². The van der Waals surface area contributed by atoms with Crippen molar-refractivity contribution in [1.29, 1.82) is 0 Å². The van der Waals surface area contributed by atoms with Crippen LogP contribution in [0.2, 0.25) is 0 Å². The monoisotopic (exact) mass is 299 g/mol. The summed E-state index contributed by atoms with van der Waals surface area (Å²) in [6.07, 6.45) is 0. The predicted molar refractivity (Wildman–Crippen MR) is 76.0 cm³/mol. The van der Waals surface area contributed by atoms with Crippen molar-refractivity contribution in [3.63, 3.8) is 0 Å². The first-order valence-corrected chi connectivity index (χ1v) is 6.17. The topological polar surface area (TPSA) is 118 Å². The Labute approximate surface area is 123 Å². The molecule has 0 atom stereocenters. The summed E-state index contributed by atoms with van der Waals surface area (Å²) >= 11 is 0. The molecule has 0 spiro atoms. The lowest BCUT2D eigenvalue weighted by atomic mass is 10.1. The van der Waals surface area contributed by atoms with E-state index in [9.17, 15) is 20.1 Å². The summed E-state index contributed by atoms with van der Waals surface area (Å²) in [4.78, 5) is 25.4. The minimum absolute atomic E-state index is 0.0514. The zero-order valence-corrected chi connectivity index (χ0v) is 11.0. The maximum Gasteiger partial charge on any atom is 0.335 e. The smallest absolute Gasteiger partial charge is 0.335 e. The Kier molecular flexibility index (Phi) is 2.99. The first-order valence-electron chi connectivity index (χ1n) is 6.17. The van der Waals surface area contributed by atoms with Crippen LogP contribution in [0.3, 0.4) is 0 Å². The van der Waals surface area contributed by atoms with Crippen LogP contribution in [0.15, 0.2) is 42.5 Å². The van der Waals surface area contributed by atoms with Crippen LogP contribution >= 0.6 is 0 Å². The molecule has 0 aliphatic heterocycles. The number of aromatic nitrogens is 2. The third kappa shape index (κ3) is 2.12. The molecule has 2 N–H and O–H groups in total. The second-order valence-electron chi connectivity index (χ2n) is 4.56. The van der Waals surface area contributed by atoms with Crippen LogP contribution in [-0.2, 0) is 0 Å². The second kappa shape index (κ2) is 4.85. The quantitative estimate of drug-likeness (QED) is 0.436. The van der Waals surface area contributed by atoms with Gasteiger partial charge in [0.15, 0.2) is 5.82 Å². The molecule has 8 heteroatoms. The molecule has 1 aromatic heterocycles. The molecule has 0 unspecified atom stereocenters. The highest BCUT2D eigenvalue weighted by Crippen LogP contribution is 2.26. The average Bonchev–Trinajstić information content (AvgIpc) is 2.84. The number of benzene rings is 2. The minimum Gasteiger partial charge on any atom is -0.478 e. The van der Waals surface area contributed by atoms with Crippen LogP contribution < -0.4 is 0 Å². The maximum absolute atomic E-state index is 11.0. The van der Waals surface area contributed by atoms with Gasteiger partial charge in [0, 0.05) is 17.7 Å². The predicted octanol–water partition coefficient (Wildman–Crippen LogP) is 2.55. The van der Waals surface area contributed by atoms with E-state index in [-0.39, 0.29) is 22.6 Å². The number of fused-ring (bicyclic) bond motifs is 1. The Morgan fingerprint density at radius 3 is 2.68 bits per heavy atom. The fourth-order valence-electron chi connectivity index (χ4n) is 2.14. The zero-order valence-electron chi connectivity index (χ0n) is 11.0. The van der Waals surface area contributed by atoms with Gasteiger partial charge in [-0.3, -0.25) is 10.1 Å². The van der Waals surface area contributed by atoms with Gasteiger partial charge in [-0.25, -0.2) is 9.78 Å². The third-order valence-electron chi connectivity index (χ3n) is 3.19. The summed E-state index contributed by atoms with van der Waals surface area (Å²) in [5.74, 6) is -0.989. The lowest BCUT2D eigenvalue weighted by molar-refractivity contribution is -0.384. The van der Waals surface area contributed by atoms with Crippen LogP contribution in [0.5, 0.6) is 0 Å². The maximum atomic E-state index is 11.0. The van der Waals surface area contributed by atoms with Gasteiger partial charge in [-0.05, 0) is 18.2 Å². The van der Waals surface area contributed by atoms with E-state index in [2.05, 4.69) is 4.98 Å². The first-order chi connectivity index (χ1) is 10.5. The molecular weight excluding hydrogens is 290 g/mol. The van der Waals surface area contributed by atoms with Gasteiger partial charge in [0.25, 0.3) is 5.69 Å². The van der Waals surface area contributed by atoms with Crippen molar-refractivity contribution in [3.05, 3.63) is 58.1 Å². The van der Waals surface area contributed by atoms with Gasteiger partial charge >= 0.3 is 5.97 Å². The molecule has 0 amide bonds. The number of carbonyl (C=O) groups is 1. The van der Waals surface area contributed by atoms with Crippen LogP contribution in [-0.4, -0.2) is 30.9 Å². The zero-order chi connectivity index (χ0) is 15.9. The standard InChI is InChI=1S/C14H9N3O5/c18-14(19)9-3-1-2-8(6-9)13-15-11-5-4-10(17(21)22)7-12(11)16(13)20/h1-7,20H,(H,18,19). The van der Waals surface area contributed by atoms with Crippen molar-refractivity contribution in [1.82, 2.24) is 9.71 Å². The molecule has 2 aromatic carbocycles. The number of aromatic carboxylic acids is 1. The number of imidazole rings is 1. The average molecular weight is 299 g/mol. The molecule has 0 radical (unpaired) electrons. The van der Waals surface area contributed by atoms with E-state index in [1.54, 1.807) is 6.07 Å². The molecular formula is C14H9N3O5. The van der Waals surface area contributed by atoms with Crippen molar-refractivity contribution in [2.45, 2.75) is 0 Å². The van der Waals surface area contributed by atoms with Crippen molar-refractivity contribution in [3.8, 4) is 11.4 Å². The molecule has 1 heterocycles. The van der Waals surface area contributed by atoms with Gasteiger partial charge in [-0.15, -0.1) is 0 Å². The van der Waals surface area contributed by atoms with Gasteiger partial charge in [0.1, 0.15) is 5.52 Å². The molecule has 0 fully saturated rings. The number of non-ortho nitro benzene ring substituents is 1. The van der Waals surface area contributed by atoms with Gasteiger partial charge < -0.3 is 10.3 Å². The Bertz CT molecular complexity index is 916. The van der Waals surface area contributed by atoms with Gasteiger partial charge in [-0.1, -0.05) is 12.1 Å². The molecule has 0 bridgehead atoms. The largest absolute Gasteiger partial charge is 0.478 e. The number of nitro benzene ring substituents is 1. The summed E-state index contributed by atoms with van der Waals surface area (Å²) in [5, 5.41) is 29.9. The summed E-state index contributed by atoms with van der Waals surface area (Å²) in [6.45, 7) is 0. The molecule has 0 saturated heterocycles. The van der Waals surface area contributed by atoms with Gasteiger partial charge in [-0.2, -0.15) is 4.73 Å². The number of hydrogen-bond donors (Lipinski definition) is 2. The van der Waals surface area contributed by atoms with Crippen molar-refractivity contribution in [2.24, 2.45) is 0 Å². The molecule has 3 rings (SSSR count). The molecule has 110 valence electrons. The van der Waals surface area contributed by atoms with Crippen molar-refractivity contribution < 1.29 is 20.0 Å². The van der Waals surface area contributed by atoms with E-state index in [1.165, 1.54) is 36.4 Å². The normalized spacial score (nSPS) is 10.7. The highest BCUT2D eigenvalue weighted by Gasteiger charge is 2.16. The summed E-state index contributed by atoms with van der Waals surface area (Å²) in [5.41, 5.74) is 0.805. The lowest BCUT2D eigenvalue weighted by Crippen LogP contribution is -1.98. The Morgan fingerprint density at radius 2 is 2.00 bits per heavy atom. The van der Waals surface area contributed by atoms with Gasteiger partial charge in [0.2, 0.25) is 0 Å². The minimum atomic E-state index is -1.10. The Balaban J connectivity index is 2.19. The number of nitro groups is 1. The number of nitrogens with zero attached hydrogens (tertiary/aromatic N) is 3. The van der Waals surface area contributed by atoms with Crippen LogP contribution in [0.4, 0.5) is 5.69 Å². The third-order valence-corrected chi connectivity index (χ3v) is 3.19. The molecule has 3 aromatic rings. The second-order valence-corrected chi connectivity index (χ2v) is 4.56. The number of carboxylic acid groups (broad SMARTS) is 1. The van der Waals surface area contributed by atoms with Gasteiger partial charge in [0.05, 0.1) is 16.0 Å². The molecule has 8 nitrogen and oxygen atoms in total. The highest BCUT2D eigenvalue weighted by atomic mass is 16.6. The molecule has 0 aliphatic carbocycles. The van der Waals surface area contributed by atoms with Crippen LogP contribution in [0.25, 0.3) is 22.4 Å². The van der Waals surface area contributed by atoms with Crippen molar-refractivity contribution in [2.75, 3.05) is 0 Å². The fraction of sp³-hybridized carbons (Fsp3) is 0. The molecule has 22 heavy (non-hydrogen) atoms. The number of hydrogen-bond acceptors (Lipinski definition) is 5. The van der Waals surface area contributed by atoms with E-state index in [1.807, 2.05) is 0 Å². The van der Waals surface area contributed by atoms with E-state index >= 15 is 0 Å². The fourth-order valence-corrected chi connectivity index (χ4v) is 2.14. The van der Waals surface area contributed by atoms with Crippen molar-refractivity contribution >= 4 is 22.7 Å². The SMILES string of the molecule is O=C(O)c1cccc(-c2nc3ccc([N+](=O)[O-])cc3n2O)c1. The van der Waals surface area contributed by atoms with E-state index < -0.39 is 10.9 Å². The highest BCUT2D eigenvalue weighted by molar-refractivity contribution is 5.89. The van der Waals surface area contributed by atoms with E-state index in [0.717, 1.165) is 0 Å². The molecule has 0 saturated carbocycles. The first kappa shape index (κ1) is 13.6.